The molecule has 3 saturated heterocycles. The molecule has 3 heterocycles. The topological polar surface area (TPSA) is 84.8 Å². The third kappa shape index (κ3) is 3.48. The Kier molecular flexibility index (Phi) is 5.39. The molecule has 6 nitrogen and oxygen atoms in total. The Morgan fingerprint density at radius 1 is 1.23 bits per heavy atom. The molecule has 3 aliphatic rings. The number of hydrogen-bond donors (Lipinski definition) is 4. The van der Waals surface area contributed by atoms with E-state index < -0.39 is 7.12 Å². The van der Waals surface area contributed by atoms with Gasteiger partial charge in [0.25, 0.3) is 0 Å². The van der Waals surface area contributed by atoms with Gasteiger partial charge in [0.15, 0.2) is 0 Å². The lowest BCUT2D eigenvalue weighted by molar-refractivity contribution is -0.133. The van der Waals surface area contributed by atoms with Gasteiger partial charge < -0.3 is 25.6 Å². The van der Waals surface area contributed by atoms with E-state index in [1.807, 2.05) is 0 Å². The summed E-state index contributed by atoms with van der Waals surface area (Å²) < 4.78 is 0. The molecule has 0 spiro atoms. The largest absolute Gasteiger partial charge is 0.451 e. The van der Waals surface area contributed by atoms with Crippen molar-refractivity contribution in [3.63, 3.8) is 0 Å². The molecule has 1 amide bonds. The summed E-state index contributed by atoms with van der Waals surface area (Å²) in [4.78, 5) is 14.7. The van der Waals surface area contributed by atoms with Crippen molar-refractivity contribution < 1.29 is 14.8 Å². The lowest BCUT2D eigenvalue weighted by Crippen LogP contribution is -2.47. The maximum absolute atomic E-state index is 12.6. The summed E-state index contributed by atoms with van der Waals surface area (Å²) in [5.41, 5.74) is 0. The van der Waals surface area contributed by atoms with Crippen molar-refractivity contribution in [2.24, 2.45) is 5.92 Å². The molecule has 0 radical (unpaired) electrons. The van der Waals surface area contributed by atoms with Gasteiger partial charge in [-0.05, 0) is 44.5 Å². The van der Waals surface area contributed by atoms with Gasteiger partial charge in [0.05, 0.1) is 6.04 Å². The van der Waals surface area contributed by atoms with Crippen LogP contribution in [0.4, 0.5) is 0 Å². The molecule has 0 unspecified atom stereocenters. The van der Waals surface area contributed by atoms with Crippen LogP contribution in [-0.4, -0.2) is 65.7 Å². The fourth-order valence-electron chi connectivity index (χ4n) is 4.41. The van der Waals surface area contributed by atoms with Gasteiger partial charge in [-0.25, -0.2) is 0 Å². The number of hydrogen-bond acceptors (Lipinski definition) is 5. The van der Waals surface area contributed by atoms with Crippen LogP contribution in [0.25, 0.3) is 0 Å². The SMILES string of the molecule is O=C([C@@H]1CCCN1)N1CC[C@H]2[C@@H](CCCCB(O)O)NC[C@@H]21. The third-order valence-electron chi connectivity index (χ3n) is 5.57. The molecule has 0 aromatic rings. The monoisotopic (exact) mass is 309 g/mol. The van der Waals surface area contributed by atoms with Crippen molar-refractivity contribution >= 4 is 13.0 Å². The Labute approximate surface area is 132 Å². The van der Waals surface area contributed by atoms with Crippen LogP contribution in [0.15, 0.2) is 0 Å². The predicted molar refractivity (Wildman–Crippen MR) is 85.3 cm³/mol. The second-order valence-electron chi connectivity index (χ2n) is 6.98. The van der Waals surface area contributed by atoms with E-state index >= 15 is 0 Å². The summed E-state index contributed by atoms with van der Waals surface area (Å²) in [5, 5.41) is 24.7. The molecule has 3 aliphatic heterocycles. The second-order valence-corrected chi connectivity index (χ2v) is 6.98. The molecule has 0 bridgehead atoms. The molecule has 0 aromatic heterocycles. The van der Waals surface area contributed by atoms with Gasteiger partial charge in [0, 0.05) is 25.2 Å². The number of unbranched alkanes of at least 4 members (excludes halogenated alkanes) is 1. The van der Waals surface area contributed by atoms with Crippen molar-refractivity contribution in [2.45, 2.75) is 63.0 Å². The normalized spacial score (nSPS) is 34.2. The molecule has 0 aromatic carbocycles. The third-order valence-corrected chi connectivity index (χ3v) is 5.57. The van der Waals surface area contributed by atoms with E-state index in [-0.39, 0.29) is 6.04 Å². The summed E-state index contributed by atoms with van der Waals surface area (Å²) in [6, 6.07) is 0.891. The fourth-order valence-corrected chi connectivity index (χ4v) is 4.41. The van der Waals surface area contributed by atoms with Crippen LogP contribution in [-0.2, 0) is 4.79 Å². The lowest BCUT2D eigenvalue weighted by Gasteiger charge is -2.26. The Morgan fingerprint density at radius 2 is 2.09 bits per heavy atom. The Morgan fingerprint density at radius 3 is 2.82 bits per heavy atom. The number of amides is 1. The predicted octanol–water partition coefficient (Wildman–Crippen LogP) is -0.430. The molecule has 0 aliphatic carbocycles. The van der Waals surface area contributed by atoms with E-state index in [1.54, 1.807) is 0 Å². The molecular formula is C15H28BN3O3. The van der Waals surface area contributed by atoms with Crippen LogP contribution in [0.5, 0.6) is 0 Å². The average Bonchev–Trinajstić information content (AvgIpc) is 3.20. The highest BCUT2D eigenvalue weighted by Gasteiger charge is 2.46. The molecular weight excluding hydrogens is 281 g/mol. The number of likely N-dealkylation sites (tertiary alicyclic amines) is 1. The summed E-state index contributed by atoms with van der Waals surface area (Å²) in [6.07, 6.45) is 6.57. The Balaban J connectivity index is 1.47. The molecule has 4 N–H and O–H groups in total. The van der Waals surface area contributed by atoms with E-state index in [2.05, 4.69) is 15.5 Å². The van der Waals surface area contributed by atoms with Crippen LogP contribution in [0.1, 0.15) is 38.5 Å². The molecule has 7 heteroatoms. The first-order valence-corrected chi connectivity index (χ1v) is 8.80. The standard InChI is InChI=1S/C15H28BN3O3/c20-15(13-5-3-8-17-13)19-9-6-11-12(18-10-14(11)19)4-1-2-7-16(21)22/h11-14,17-18,21-22H,1-10H2/t11-,12+,13-,14-/m0/s1. The number of fused-ring (bicyclic) bond motifs is 1. The van der Waals surface area contributed by atoms with Crippen molar-refractivity contribution in [1.82, 2.24) is 15.5 Å². The zero-order chi connectivity index (χ0) is 15.5. The van der Waals surface area contributed by atoms with E-state index in [4.69, 9.17) is 10.0 Å². The summed E-state index contributed by atoms with van der Waals surface area (Å²) in [6.45, 7) is 2.78. The van der Waals surface area contributed by atoms with Crippen LogP contribution >= 0.6 is 0 Å². The first kappa shape index (κ1) is 16.2. The molecule has 4 atom stereocenters. The molecule has 0 saturated carbocycles. The molecule has 124 valence electrons. The zero-order valence-electron chi connectivity index (χ0n) is 13.2. The maximum atomic E-state index is 12.6. The van der Waals surface area contributed by atoms with Crippen LogP contribution in [0, 0.1) is 5.92 Å². The van der Waals surface area contributed by atoms with Gasteiger partial charge in [-0.2, -0.15) is 0 Å². The average molecular weight is 309 g/mol. The molecule has 3 fully saturated rings. The van der Waals surface area contributed by atoms with Gasteiger partial charge in [0.1, 0.15) is 0 Å². The van der Waals surface area contributed by atoms with Crippen molar-refractivity contribution in [3.05, 3.63) is 0 Å². The first-order chi connectivity index (χ1) is 10.7. The van der Waals surface area contributed by atoms with Crippen LogP contribution in [0.2, 0.25) is 6.32 Å². The van der Waals surface area contributed by atoms with Gasteiger partial charge in [-0.15, -0.1) is 0 Å². The van der Waals surface area contributed by atoms with E-state index in [9.17, 15) is 4.79 Å². The van der Waals surface area contributed by atoms with E-state index in [0.29, 0.717) is 30.2 Å². The van der Waals surface area contributed by atoms with Crippen molar-refractivity contribution in [2.75, 3.05) is 19.6 Å². The fraction of sp³-hybridized carbons (Fsp3) is 0.933. The minimum atomic E-state index is -1.18. The molecule has 22 heavy (non-hydrogen) atoms. The Hall–Kier alpha value is -0.625. The number of nitrogens with zero attached hydrogens (tertiary/aromatic N) is 1. The van der Waals surface area contributed by atoms with Gasteiger partial charge in [-0.3, -0.25) is 4.79 Å². The first-order valence-electron chi connectivity index (χ1n) is 8.80. The number of carbonyl (C=O) groups excluding carboxylic acids is 1. The maximum Gasteiger partial charge on any atom is 0.451 e. The number of rotatable bonds is 6. The smallest absolute Gasteiger partial charge is 0.427 e. The summed E-state index contributed by atoms with van der Waals surface area (Å²) in [7, 11) is -1.18. The zero-order valence-corrected chi connectivity index (χ0v) is 13.2. The van der Waals surface area contributed by atoms with Crippen molar-refractivity contribution in [3.8, 4) is 0 Å². The Bertz CT molecular complexity index is 390. The highest BCUT2D eigenvalue weighted by molar-refractivity contribution is 6.40. The van der Waals surface area contributed by atoms with Crippen molar-refractivity contribution in [1.29, 1.82) is 0 Å². The van der Waals surface area contributed by atoms with Gasteiger partial charge >= 0.3 is 7.12 Å². The second kappa shape index (κ2) is 7.30. The van der Waals surface area contributed by atoms with Crippen LogP contribution < -0.4 is 10.6 Å². The highest BCUT2D eigenvalue weighted by Crippen LogP contribution is 2.34. The van der Waals surface area contributed by atoms with Gasteiger partial charge in [-0.1, -0.05) is 12.8 Å². The number of nitrogens with one attached hydrogen (secondary N) is 2. The van der Waals surface area contributed by atoms with E-state index in [0.717, 1.165) is 58.2 Å². The lowest BCUT2D eigenvalue weighted by atomic mass is 9.82. The summed E-state index contributed by atoms with van der Waals surface area (Å²) in [5.74, 6) is 0.875. The highest BCUT2D eigenvalue weighted by atomic mass is 16.4. The minimum Gasteiger partial charge on any atom is -0.427 e. The minimum absolute atomic E-state index is 0.0452. The summed E-state index contributed by atoms with van der Waals surface area (Å²) >= 11 is 0. The van der Waals surface area contributed by atoms with Gasteiger partial charge in [0.2, 0.25) is 5.91 Å². The molecule has 3 rings (SSSR count). The number of carbonyl (C=O) groups is 1. The van der Waals surface area contributed by atoms with Crippen LogP contribution in [0.3, 0.4) is 0 Å². The van der Waals surface area contributed by atoms with E-state index in [1.165, 1.54) is 0 Å². The quantitative estimate of drug-likeness (QED) is 0.395.